The summed E-state index contributed by atoms with van der Waals surface area (Å²) in [5.74, 6) is 0.194. The molecule has 1 aromatic carbocycles. The molecular formula is C23H28FN3O3. The van der Waals surface area contributed by atoms with Crippen molar-refractivity contribution in [1.82, 2.24) is 14.8 Å². The molecule has 160 valence electrons. The average Bonchev–Trinajstić information content (AvgIpc) is 2.76. The van der Waals surface area contributed by atoms with Gasteiger partial charge in [-0.15, -0.1) is 0 Å². The van der Waals surface area contributed by atoms with Crippen molar-refractivity contribution < 1.29 is 19.0 Å². The standard InChI is InChI=1S/C23H28FN3O3/c1-30-21-11-19(24)5-4-18(21)14-26-9-6-23(7-10-26)12-20(28)15-27(16-23)22(29)17-3-2-8-25-13-17/h2-5,8,11,13,20,28H,6-7,9-10,12,14-16H2,1H3. The number of benzene rings is 1. The number of β-amino-alcohol motifs (C(OH)–C–C–N with tert-alkyl or cyclic N) is 1. The smallest absolute Gasteiger partial charge is 0.255 e. The van der Waals surface area contributed by atoms with E-state index in [0.717, 1.165) is 37.9 Å². The topological polar surface area (TPSA) is 65.9 Å². The van der Waals surface area contributed by atoms with E-state index in [1.807, 2.05) is 0 Å². The fraction of sp³-hybridized carbons (Fsp3) is 0.478. The predicted molar refractivity (Wildman–Crippen MR) is 111 cm³/mol. The fourth-order valence-electron chi connectivity index (χ4n) is 4.82. The molecule has 2 aromatic rings. The molecular weight excluding hydrogens is 385 g/mol. The fourth-order valence-corrected chi connectivity index (χ4v) is 4.82. The number of pyridine rings is 1. The van der Waals surface area contributed by atoms with Gasteiger partial charge in [0.25, 0.3) is 5.91 Å². The van der Waals surface area contributed by atoms with Crippen molar-refractivity contribution in [2.45, 2.75) is 31.9 Å². The number of likely N-dealkylation sites (tertiary alicyclic amines) is 2. The summed E-state index contributed by atoms with van der Waals surface area (Å²) in [4.78, 5) is 21.0. The number of hydrogen-bond acceptors (Lipinski definition) is 5. The molecule has 2 aliphatic heterocycles. The zero-order valence-electron chi connectivity index (χ0n) is 17.3. The van der Waals surface area contributed by atoms with E-state index >= 15 is 0 Å². The first-order chi connectivity index (χ1) is 14.5. The SMILES string of the molecule is COc1cc(F)ccc1CN1CCC2(CC1)CC(O)CN(C(=O)c1cccnc1)C2. The summed E-state index contributed by atoms with van der Waals surface area (Å²) in [6.07, 6.45) is 5.25. The van der Waals surface area contributed by atoms with Crippen LogP contribution in [0.25, 0.3) is 0 Å². The van der Waals surface area contributed by atoms with Crippen molar-refractivity contribution in [2.24, 2.45) is 5.41 Å². The second kappa shape index (κ2) is 8.70. The Balaban J connectivity index is 1.41. The van der Waals surface area contributed by atoms with Crippen LogP contribution in [0.2, 0.25) is 0 Å². The van der Waals surface area contributed by atoms with Crippen LogP contribution in [-0.4, -0.2) is 65.2 Å². The van der Waals surface area contributed by atoms with E-state index < -0.39 is 6.10 Å². The van der Waals surface area contributed by atoms with Crippen LogP contribution in [0.15, 0.2) is 42.7 Å². The summed E-state index contributed by atoms with van der Waals surface area (Å²) in [7, 11) is 1.56. The number of methoxy groups -OCH3 is 1. The van der Waals surface area contributed by atoms with Gasteiger partial charge in [-0.3, -0.25) is 14.7 Å². The van der Waals surface area contributed by atoms with E-state index in [4.69, 9.17) is 4.74 Å². The van der Waals surface area contributed by atoms with Gasteiger partial charge >= 0.3 is 0 Å². The van der Waals surface area contributed by atoms with E-state index in [1.165, 1.54) is 12.1 Å². The van der Waals surface area contributed by atoms with E-state index in [0.29, 0.717) is 30.9 Å². The highest BCUT2D eigenvalue weighted by atomic mass is 19.1. The first-order valence-corrected chi connectivity index (χ1v) is 10.4. The highest BCUT2D eigenvalue weighted by Gasteiger charge is 2.43. The number of piperidine rings is 2. The summed E-state index contributed by atoms with van der Waals surface area (Å²) in [5, 5.41) is 10.5. The summed E-state index contributed by atoms with van der Waals surface area (Å²) < 4.78 is 18.8. The molecule has 0 radical (unpaired) electrons. The van der Waals surface area contributed by atoms with Gasteiger partial charge in [0.1, 0.15) is 11.6 Å². The minimum atomic E-state index is -0.511. The lowest BCUT2D eigenvalue weighted by molar-refractivity contribution is -0.0338. The number of nitrogens with zero attached hydrogens (tertiary/aromatic N) is 3. The molecule has 4 rings (SSSR count). The number of rotatable bonds is 4. The Morgan fingerprint density at radius 3 is 2.83 bits per heavy atom. The van der Waals surface area contributed by atoms with Crippen molar-refractivity contribution in [3.05, 3.63) is 59.7 Å². The molecule has 1 amide bonds. The van der Waals surface area contributed by atoms with Gasteiger partial charge in [0.15, 0.2) is 0 Å². The van der Waals surface area contributed by atoms with Gasteiger partial charge in [0.05, 0.1) is 18.8 Å². The molecule has 2 saturated heterocycles. The number of aliphatic hydroxyl groups excluding tert-OH is 1. The number of ether oxygens (including phenoxy) is 1. The third kappa shape index (κ3) is 4.47. The largest absolute Gasteiger partial charge is 0.496 e. The molecule has 1 aromatic heterocycles. The molecule has 1 spiro atoms. The summed E-state index contributed by atoms with van der Waals surface area (Å²) in [6, 6.07) is 8.17. The summed E-state index contributed by atoms with van der Waals surface area (Å²) in [5.41, 5.74) is 1.45. The minimum absolute atomic E-state index is 0.0697. The average molecular weight is 413 g/mol. The number of hydrogen-bond donors (Lipinski definition) is 1. The van der Waals surface area contributed by atoms with E-state index in [1.54, 1.807) is 42.6 Å². The van der Waals surface area contributed by atoms with Gasteiger partial charge in [-0.2, -0.15) is 0 Å². The number of carbonyl (C=O) groups excluding carboxylic acids is 1. The molecule has 2 fully saturated rings. The van der Waals surface area contributed by atoms with Gasteiger partial charge in [-0.1, -0.05) is 6.07 Å². The predicted octanol–water partition coefficient (Wildman–Crippen LogP) is 2.72. The van der Waals surface area contributed by atoms with E-state index in [2.05, 4.69) is 9.88 Å². The quantitative estimate of drug-likeness (QED) is 0.835. The maximum atomic E-state index is 13.5. The zero-order valence-corrected chi connectivity index (χ0v) is 17.3. The van der Waals surface area contributed by atoms with Crippen LogP contribution in [0, 0.1) is 11.2 Å². The lowest BCUT2D eigenvalue weighted by Crippen LogP contribution is -2.55. The number of halogens is 1. The Morgan fingerprint density at radius 1 is 1.33 bits per heavy atom. The van der Waals surface area contributed by atoms with Crippen LogP contribution < -0.4 is 4.74 Å². The second-order valence-corrected chi connectivity index (χ2v) is 8.52. The monoisotopic (exact) mass is 413 g/mol. The number of carbonyl (C=O) groups is 1. The summed E-state index contributed by atoms with van der Waals surface area (Å²) in [6.45, 7) is 3.45. The maximum absolute atomic E-state index is 13.5. The third-order valence-electron chi connectivity index (χ3n) is 6.38. The Bertz CT molecular complexity index is 885. The van der Waals surface area contributed by atoms with Crippen LogP contribution in [0.3, 0.4) is 0 Å². The lowest BCUT2D eigenvalue weighted by Gasteiger charge is -2.49. The van der Waals surface area contributed by atoms with Gasteiger partial charge in [0.2, 0.25) is 0 Å². The Morgan fingerprint density at radius 2 is 2.13 bits per heavy atom. The molecule has 30 heavy (non-hydrogen) atoms. The summed E-state index contributed by atoms with van der Waals surface area (Å²) >= 11 is 0. The van der Waals surface area contributed by atoms with Crippen LogP contribution in [0.5, 0.6) is 5.75 Å². The Hall–Kier alpha value is -2.51. The first kappa shape index (κ1) is 20.8. The number of amides is 1. The highest BCUT2D eigenvalue weighted by Crippen LogP contribution is 2.41. The molecule has 3 heterocycles. The molecule has 6 nitrogen and oxygen atoms in total. The number of aromatic nitrogens is 1. The van der Waals surface area contributed by atoms with Gasteiger partial charge in [-0.05, 0) is 56.0 Å². The van der Waals surface area contributed by atoms with Gasteiger partial charge < -0.3 is 14.7 Å². The van der Waals surface area contributed by atoms with Crippen molar-refractivity contribution in [2.75, 3.05) is 33.3 Å². The lowest BCUT2D eigenvalue weighted by atomic mass is 9.71. The number of aliphatic hydroxyl groups is 1. The van der Waals surface area contributed by atoms with Crippen molar-refractivity contribution in [3.63, 3.8) is 0 Å². The van der Waals surface area contributed by atoms with Crippen molar-refractivity contribution in [3.8, 4) is 5.75 Å². The maximum Gasteiger partial charge on any atom is 0.255 e. The zero-order chi connectivity index (χ0) is 21.1. The third-order valence-corrected chi connectivity index (χ3v) is 6.38. The van der Waals surface area contributed by atoms with Crippen molar-refractivity contribution >= 4 is 5.91 Å². The van der Waals surface area contributed by atoms with E-state index in [9.17, 15) is 14.3 Å². The molecule has 7 heteroatoms. The van der Waals surface area contributed by atoms with Crippen LogP contribution in [0.1, 0.15) is 35.2 Å². The highest BCUT2D eigenvalue weighted by molar-refractivity contribution is 5.94. The molecule has 0 saturated carbocycles. The normalized spacial score (nSPS) is 21.6. The van der Waals surface area contributed by atoms with E-state index in [-0.39, 0.29) is 17.1 Å². The molecule has 1 atom stereocenters. The second-order valence-electron chi connectivity index (χ2n) is 8.52. The van der Waals surface area contributed by atoms with Gasteiger partial charge in [-0.25, -0.2) is 4.39 Å². The Kier molecular flexibility index (Phi) is 6.01. The molecule has 2 aliphatic rings. The molecule has 0 bridgehead atoms. The molecule has 0 aliphatic carbocycles. The van der Waals surface area contributed by atoms with Crippen molar-refractivity contribution in [1.29, 1.82) is 0 Å². The molecule has 1 unspecified atom stereocenters. The van der Waals surface area contributed by atoms with Crippen LogP contribution in [0.4, 0.5) is 4.39 Å². The Labute approximate surface area is 176 Å². The van der Waals surface area contributed by atoms with Crippen LogP contribution in [-0.2, 0) is 6.54 Å². The molecule has 1 N–H and O–H groups in total. The minimum Gasteiger partial charge on any atom is -0.496 e. The first-order valence-electron chi connectivity index (χ1n) is 10.4. The van der Waals surface area contributed by atoms with Gasteiger partial charge in [0, 0.05) is 43.7 Å². The van der Waals surface area contributed by atoms with Crippen LogP contribution >= 0.6 is 0 Å².